The molecule has 1 aromatic rings. The number of hydrogen-bond donors (Lipinski definition) is 1. The maximum atomic E-state index is 12.8. The molecule has 0 fully saturated rings. The topological polar surface area (TPSA) is 63.2 Å². The molecule has 0 aliphatic rings. The van der Waals surface area contributed by atoms with Crippen molar-refractivity contribution in [3.8, 4) is 0 Å². The third-order valence-corrected chi connectivity index (χ3v) is 3.52. The molecular formula is C9H9ClFNO3S. The molecule has 7 heteroatoms. The van der Waals surface area contributed by atoms with E-state index in [0.29, 0.717) is 0 Å². The molecule has 0 unspecified atom stereocenters. The van der Waals surface area contributed by atoms with E-state index in [4.69, 9.17) is 11.6 Å². The molecule has 0 radical (unpaired) electrons. The Morgan fingerprint density at radius 2 is 2.12 bits per heavy atom. The van der Waals surface area contributed by atoms with Gasteiger partial charge in [0.05, 0.1) is 11.4 Å². The normalized spacial score (nSPS) is 11.4. The van der Waals surface area contributed by atoms with Crippen LogP contribution in [-0.4, -0.2) is 20.2 Å². The molecule has 0 saturated heterocycles. The molecule has 0 saturated carbocycles. The van der Waals surface area contributed by atoms with Gasteiger partial charge >= 0.3 is 0 Å². The number of benzene rings is 1. The zero-order chi connectivity index (χ0) is 12.3. The van der Waals surface area contributed by atoms with Gasteiger partial charge in [0.25, 0.3) is 0 Å². The molecule has 16 heavy (non-hydrogen) atoms. The zero-order valence-electron chi connectivity index (χ0n) is 8.33. The van der Waals surface area contributed by atoms with Gasteiger partial charge in [-0.05, 0) is 42.3 Å². The number of rotatable bonds is 4. The Hall–Kier alpha value is -0.980. The summed E-state index contributed by atoms with van der Waals surface area (Å²) in [6.07, 6.45) is 0. The van der Waals surface area contributed by atoms with Gasteiger partial charge in [0, 0.05) is 0 Å². The van der Waals surface area contributed by atoms with Gasteiger partial charge in [-0.15, -0.1) is 0 Å². The molecule has 0 amide bonds. The smallest absolute Gasteiger partial charge is 0.241 e. The van der Waals surface area contributed by atoms with E-state index >= 15 is 0 Å². The average Bonchev–Trinajstić information content (AvgIpc) is 2.14. The lowest BCUT2D eigenvalue weighted by molar-refractivity contribution is -0.110. The monoisotopic (exact) mass is 265 g/mol. The van der Waals surface area contributed by atoms with E-state index in [1.165, 1.54) is 6.92 Å². The van der Waals surface area contributed by atoms with Crippen LogP contribution < -0.4 is 4.72 Å². The number of carbonyl (C=O) groups is 1. The zero-order valence-corrected chi connectivity index (χ0v) is 9.90. The van der Waals surface area contributed by atoms with Gasteiger partial charge in [0.15, 0.2) is 0 Å². The summed E-state index contributed by atoms with van der Waals surface area (Å²) in [7, 11) is -3.82. The fourth-order valence-corrected chi connectivity index (χ4v) is 2.50. The lowest BCUT2D eigenvalue weighted by Crippen LogP contribution is -2.28. The summed E-state index contributed by atoms with van der Waals surface area (Å²) in [5.74, 6) is -0.523. The Morgan fingerprint density at radius 3 is 2.62 bits per heavy atom. The minimum atomic E-state index is -3.82. The fraction of sp³-hybridized carbons (Fsp3) is 0.222. The Balaban J connectivity index is 3.03. The van der Waals surface area contributed by atoms with Crippen molar-refractivity contribution in [3.05, 3.63) is 29.6 Å². The standard InChI is InChI=1S/C9H9ClFNO3S/c1-6-4-7(11)2-3-8(6)16(14,15)12-5-9(10)13/h2-4,12H,5H2,1H3. The fourth-order valence-electron chi connectivity index (χ4n) is 1.14. The van der Waals surface area contributed by atoms with E-state index in [9.17, 15) is 17.6 Å². The van der Waals surface area contributed by atoms with Crippen molar-refractivity contribution in [3.63, 3.8) is 0 Å². The molecule has 0 aliphatic carbocycles. The molecule has 0 aliphatic heterocycles. The minimum Gasteiger partial charge on any atom is -0.280 e. The van der Waals surface area contributed by atoms with Crippen molar-refractivity contribution < 1.29 is 17.6 Å². The van der Waals surface area contributed by atoms with Crippen molar-refractivity contribution >= 4 is 26.9 Å². The van der Waals surface area contributed by atoms with Crippen molar-refractivity contribution in [1.82, 2.24) is 4.72 Å². The Morgan fingerprint density at radius 1 is 1.50 bits per heavy atom. The predicted molar refractivity (Wildman–Crippen MR) is 57.2 cm³/mol. The molecule has 0 heterocycles. The molecule has 1 aromatic carbocycles. The SMILES string of the molecule is Cc1cc(F)ccc1S(=O)(=O)NCC(=O)Cl. The Kier molecular flexibility index (Phi) is 4.01. The summed E-state index contributed by atoms with van der Waals surface area (Å²) in [5, 5.41) is -0.816. The van der Waals surface area contributed by atoms with Crippen LogP contribution in [0.3, 0.4) is 0 Å². The first-order valence-electron chi connectivity index (χ1n) is 4.27. The van der Waals surface area contributed by atoms with Crippen molar-refractivity contribution in [2.45, 2.75) is 11.8 Å². The van der Waals surface area contributed by atoms with Crippen LogP contribution in [0.1, 0.15) is 5.56 Å². The molecular weight excluding hydrogens is 257 g/mol. The highest BCUT2D eigenvalue weighted by Crippen LogP contribution is 2.15. The predicted octanol–water partition coefficient (Wildman–Crippen LogP) is 1.18. The number of hydrogen-bond acceptors (Lipinski definition) is 3. The van der Waals surface area contributed by atoms with Crippen LogP contribution in [0.2, 0.25) is 0 Å². The van der Waals surface area contributed by atoms with Crippen LogP contribution in [0, 0.1) is 12.7 Å². The lowest BCUT2D eigenvalue weighted by Gasteiger charge is -2.07. The van der Waals surface area contributed by atoms with Crippen LogP contribution >= 0.6 is 11.6 Å². The van der Waals surface area contributed by atoms with Crippen molar-refractivity contribution in [2.75, 3.05) is 6.54 Å². The van der Waals surface area contributed by atoms with E-state index < -0.39 is 27.6 Å². The summed E-state index contributed by atoms with van der Waals surface area (Å²) in [6.45, 7) is 0.959. The van der Waals surface area contributed by atoms with E-state index in [1.54, 1.807) is 0 Å². The molecule has 0 bridgehead atoms. The van der Waals surface area contributed by atoms with Crippen molar-refractivity contribution in [2.24, 2.45) is 0 Å². The van der Waals surface area contributed by atoms with Gasteiger partial charge in [-0.2, -0.15) is 0 Å². The highest BCUT2D eigenvalue weighted by atomic mass is 35.5. The number of halogens is 2. The summed E-state index contributed by atoms with van der Waals surface area (Å²) in [4.78, 5) is 10.4. The van der Waals surface area contributed by atoms with Crippen LogP contribution in [0.15, 0.2) is 23.1 Å². The van der Waals surface area contributed by atoms with Crippen LogP contribution in [0.25, 0.3) is 0 Å². The second-order valence-corrected chi connectivity index (χ2v) is 5.25. The third kappa shape index (κ3) is 3.26. The third-order valence-electron chi connectivity index (χ3n) is 1.83. The summed E-state index contributed by atoms with van der Waals surface area (Å²) >= 11 is 5.01. The summed E-state index contributed by atoms with van der Waals surface area (Å²) in [5.41, 5.74) is 0.259. The van der Waals surface area contributed by atoms with Crippen LogP contribution in [-0.2, 0) is 14.8 Å². The highest BCUT2D eigenvalue weighted by Gasteiger charge is 2.17. The Labute approximate surface area is 97.5 Å². The van der Waals surface area contributed by atoms with Gasteiger partial charge in [0.1, 0.15) is 5.82 Å². The van der Waals surface area contributed by atoms with Gasteiger partial charge in [-0.25, -0.2) is 17.5 Å². The van der Waals surface area contributed by atoms with Gasteiger partial charge in [-0.3, -0.25) is 4.79 Å². The van der Waals surface area contributed by atoms with Crippen molar-refractivity contribution in [1.29, 1.82) is 0 Å². The number of carbonyl (C=O) groups excluding carboxylic acids is 1. The minimum absolute atomic E-state index is 0.0770. The first kappa shape index (κ1) is 13.1. The molecule has 0 atom stereocenters. The molecule has 88 valence electrons. The van der Waals surface area contributed by atoms with Gasteiger partial charge < -0.3 is 0 Å². The lowest BCUT2D eigenvalue weighted by atomic mass is 10.2. The van der Waals surface area contributed by atoms with E-state index in [0.717, 1.165) is 18.2 Å². The van der Waals surface area contributed by atoms with Gasteiger partial charge in [-0.1, -0.05) is 0 Å². The number of nitrogens with one attached hydrogen (secondary N) is 1. The Bertz CT molecular complexity index is 515. The van der Waals surface area contributed by atoms with Crippen LogP contribution in [0.4, 0.5) is 4.39 Å². The second kappa shape index (κ2) is 4.90. The quantitative estimate of drug-likeness (QED) is 0.832. The van der Waals surface area contributed by atoms with E-state index in [2.05, 4.69) is 0 Å². The number of aryl methyl sites for hydroxylation is 1. The first-order valence-corrected chi connectivity index (χ1v) is 6.13. The first-order chi connectivity index (χ1) is 7.33. The highest BCUT2D eigenvalue weighted by molar-refractivity contribution is 7.89. The largest absolute Gasteiger partial charge is 0.280 e. The summed E-state index contributed by atoms with van der Waals surface area (Å²) in [6, 6.07) is 3.26. The van der Waals surface area contributed by atoms with E-state index in [-0.39, 0.29) is 10.5 Å². The second-order valence-electron chi connectivity index (χ2n) is 3.09. The number of sulfonamides is 1. The molecule has 4 nitrogen and oxygen atoms in total. The van der Waals surface area contributed by atoms with Crippen LogP contribution in [0.5, 0.6) is 0 Å². The van der Waals surface area contributed by atoms with Gasteiger partial charge in [0.2, 0.25) is 15.3 Å². The average molecular weight is 266 g/mol. The molecule has 1 N–H and O–H groups in total. The summed E-state index contributed by atoms with van der Waals surface area (Å²) < 4.78 is 38.0. The molecule has 1 rings (SSSR count). The molecule has 0 aromatic heterocycles. The maximum Gasteiger partial charge on any atom is 0.241 e. The van der Waals surface area contributed by atoms with E-state index in [1.807, 2.05) is 4.72 Å². The maximum absolute atomic E-state index is 12.8. The molecule has 0 spiro atoms.